The molecule has 0 spiro atoms. The van der Waals surface area contributed by atoms with Gasteiger partial charge in [0.25, 0.3) is 0 Å². The summed E-state index contributed by atoms with van der Waals surface area (Å²) in [5.41, 5.74) is 3.87. The fraction of sp³-hybridized carbons (Fsp3) is 0.542. The van der Waals surface area contributed by atoms with Gasteiger partial charge in [0.1, 0.15) is 14.1 Å². The van der Waals surface area contributed by atoms with Crippen LogP contribution in [0.5, 0.6) is 0 Å². The Morgan fingerprint density at radius 1 is 1.14 bits per heavy atom. The average Bonchev–Trinajstić information content (AvgIpc) is 2.58. The second kappa shape index (κ2) is 6.16. The molecule has 0 unspecified atom stereocenters. The third-order valence-corrected chi connectivity index (χ3v) is 7.53. The van der Waals surface area contributed by atoms with E-state index < -0.39 is 24.3 Å². The Bertz CT molecular complexity index is 971. The summed E-state index contributed by atoms with van der Waals surface area (Å²) in [4.78, 5) is 25.5. The van der Waals surface area contributed by atoms with E-state index in [0.717, 1.165) is 24.0 Å². The molecule has 3 aliphatic rings. The van der Waals surface area contributed by atoms with E-state index in [-0.39, 0.29) is 23.1 Å². The number of nitriles is 1. The number of ketones is 2. The summed E-state index contributed by atoms with van der Waals surface area (Å²) in [6.45, 7) is 14.7. The number of rotatable bonds is 0. The van der Waals surface area contributed by atoms with E-state index in [0.29, 0.717) is 0 Å². The van der Waals surface area contributed by atoms with Gasteiger partial charge in [-0.25, -0.2) is 0 Å². The molecule has 1 saturated carbocycles. The average molecular weight is 392 g/mol. The van der Waals surface area contributed by atoms with Crippen LogP contribution in [0.3, 0.4) is 0 Å². The minimum Gasteiger partial charge on any atom is -0.294 e. The van der Waals surface area contributed by atoms with E-state index >= 15 is 0 Å². The highest BCUT2D eigenvalue weighted by molar-refractivity contribution is 6.83. The van der Waals surface area contributed by atoms with Crippen molar-refractivity contribution < 1.29 is 9.59 Å². The Labute approximate surface area is 169 Å². The number of hydrogen-bond donors (Lipinski definition) is 0. The van der Waals surface area contributed by atoms with Crippen LogP contribution in [-0.2, 0) is 9.59 Å². The summed E-state index contributed by atoms with van der Waals surface area (Å²) in [6.07, 6.45) is 7.09. The summed E-state index contributed by atoms with van der Waals surface area (Å²) in [6, 6.07) is 2.07. The number of hydrogen-bond acceptors (Lipinski definition) is 3. The van der Waals surface area contributed by atoms with Crippen LogP contribution >= 0.6 is 0 Å². The van der Waals surface area contributed by atoms with Crippen LogP contribution in [-0.4, -0.2) is 19.6 Å². The molecule has 0 radical (unpaired) electrons. The molecule has 0 saturated heterocycles. The molecule has 3 nitrogen and oxygen atoms in total. The van der Waals surface area contributed by atoms with E-state index in [1.54, 1.807) is 6.08 Å². The zero-order valence-electron chi connectivity index (χ0n) is 18.0. The summed E-state index contributed by atoms with van der Waals surface area (Å²) < 4.78 is 0. The first kappa shape index (κ1) is 20.6. The lowest BCUT2D eigenvalue weighted by Gasteiger charge is -2.56. The van der Waals surface area contributed by atoms with Gasteiger partial charge in [-0.3, -0.25) is 9.59 Å². The third-order valence-electron chi connectivity index (χ3n) is 6.66. The lowest BCUT2D eigenvalue weighted by Crippen LogP contribution is -2.53. The molecule has 0 aromatic carbocycles. The number of allylic oxidation sites excluding steroid dienone is 6. The van der Waals surface area contributed by atoms with E-state index in [2.05, 4.69) is 50.2 Å². The smallest absolute Gasteiger partial charge is 0.196 e. The molecule has 0 amide bonds. The zero-order valence-corrected chi connectivity index (χ0v) is 19.0. The maximum absolute atomic E-state index is 12.9. The topological polar surface area (TPSA) is 57.9 Å². The second-order valence-electron chi connectivity index (χ2n) is 10.3. The van der Waals surface area contributed by atoms with Crippen LogP contribution in [0.15, 0.2) is 34.9 Å². The van der Waals surface area contributed by atoms with E-state index in [1.165, 1.54) is 0 Å². The van der Waals surface area contributed by atoms with Crippen molar-refractivity contribution in [2.24, 2.45) is 22.2 Å². The zero-order chi connectivity index (χ0) is 21.1. The van der Waals surface area contributed by atoms with Crippen molar-refractivity contribution in [1.82, 2.24) is 0 Å². The number of carbonyl (C=O) groups is 2. The predicted octanol–water partition coefficient (Wildman–Crippen LogP) is 4.78. The van der Waals surface area contributed by atoms with E-state index in [9.17, 15) is 14.9 Å². The van der Waals surface area contributed by atoms with Gasteiger partial charge in [-0.05, 0) is 49.0 Å². The molecular weight excluding hydrogens is 362 g/mol. The number of carbonyl (C=O) groups excluding carboxylic acids is 2. The third kappa shape index (κ3) is 2.95. The number of Topliss-reactive ketones (excluding diaryl/α,β-unsaturated/α-hetero) is 1. The maximum Gasteiger partial charge on any atom is 0.196 e. The molecule has 0 N–H and O–H groups in total. The lowest BCUT2D eigenvalue weighted by atomic mass is 9.45. The van der Waals surface area contributed by atoms with Crippen molar-refractivity contribution in [3.63, 3.8) is 0 Å². The van der Waals surface area contributed by atoms with Gasteiger partial charge >= 0.3 is 0 Å². The van der Waals surface area contributed by atoms with Crippen LogP contribution in [0, 0.1) is 45.0 Å². The minimum atomic E-state index is -1.65. The van der Waals surface area contributed by atoms with Crippen LogP contribution in [0.2, 0.25) is 19.6 Å². The molecular formula is C24H29NO2Si. The summed E-state index contributed by atoms with van der Waals surface area (Å²) >= 11 is 0. The largest absolute Gasteiger partial charge is 0.294 e. The Morgan fingerprint density at radius 3 is 2.36 bits per heavy atom. The molecule has 0 aromatic rings. The monoisotopic (exact) mass is 391 g/mol. The van der Waals surface area contributed by atoms with Gasteiger partial charge in [0.2, 0.25) is 0 Å². The van der Waals surface area contributed by atoms with Crippen molar-refractivity contribution in [3.8, 4) is 17.5 Å². The highest BCUT2D eigenvalue weighted by Crippen LogP contribution is 2.63. The van der Waals surface area contributed by atoms with Crippen molar-refractivity contribution in [3.05, 3.63) is 34.9 Å². The maximum atomic E-state index is 12.9. The molecule has 146 valence electrons. The van der Waals surface area contributed by atoms with Gasteiger partial charge < -0.3 is 0 Å². The van der Waals surface area contributed by atoms with Crippen molar-refractivity contribution >= 4 is 19.6 Å². The number of nitrogens with zero attached hydrogens (tertiary/aromatic N) is 1. The molecule has 3 rings (SSSR count). The molecule has 3 atom stereocenters. The second-order valence-corrected chi connectivity index (χ2v) is 15.1. The normalized spacial score (nSPS) is 33.9. The first-order valence-electron chi connectivity index (χ1n) is 9.95. The molecule has 0 heterocycles. The van der Waals surface area contributed by atoms with E-state index in [1.807, 2.05) is 26.8 Å². The Hall–Kier alpha value is -2.17. The van der Waals surface area contributed by atoms with Gasteiger partial charge in [0.15, 0.2) is 11.6 Å². The first-order chi connectivity index (χ1) is 12.8. The number of fused-ring (bicyclic) bond motifs is 3. The standard InChI is InChI=1S/C24H29NO2Si/c1-16-13-23(4)19(22(2,3)21(16)27)8-9-24(10-11-28(5,6)7)14-17(15-25)18(26)12-20(23)24/h12-14,19H,8-9H2,1-7H3/t19-,23-,24+/m0/s1. The fourth-order valence-corrected chi connectivity index (χ4v) is 6.06. The molecule has 0 aromatic heterocycles. The summed E-state index contributed by atoms with van der Waals surface area (Å²) in [7, 11) is -1.65. The summed E-state index contributed by atoms with van der Waals surface area (Å²) in [5, 5.41) is 9.49. The van der Waals surface area contributed by atoms with Gasteiger partial charge in [-0.1, -0.05) is 52.4 Å². The van der Waals surface area contributed by atoms with Crippen molar-refractivity contribution in [2.75, 3.05) is 0 Å². The molecule has 1 fully saturated rings. The van der Waals surface area contributed by atoms with Crippen LogP contribution in [0.4, 0.5) is 0 Å². The predicted molar refractivity (Wildman–Crippen MR) is 114 cm³/mol. The quantitative estimate of drug-likeness (QED) is 0.441. The molecule has 28 heavy (non-hydrogen) atoms. The van der Waals surface area contributed by atoms with Gasteiger partial charge in [0.05, 0.1) is 11.0 Å². The Kier molecular flexibility index (Phi) is 4.52. The summed E-state index contributed by atoms with van der Waals surface area (Å²) in [5.74, 6) is 3.57. The van der Waals surface area contributed by atoms with Gasteiger partial charge in [0, 0.05) is 10.8 Å². The van der Waals surface area contributed by atoms with Gasteiger partial charge in [-0.15, -0.1) is 5.54 Å². The lowest BCUT2D eigenvalue weighted by molar-refractivity contribution is -0.130. The van der Waals surface area contributed by atoms with E-state index in [4.69, 9.17) is 0 Å². The molecule has 0 bridgehead atoms. The van der Waals surface area contributed by atoms with Crippen LogP contribution < -0.4 is 0 Å². The first-order valence-corrected chi connectivity index (χ1v) is 13.5. The van der Waals surface area contributed by atoms with Crippen LogP contribution in [0.25, 0.3) is 0 Å². The van der Waals surface area contributed by atoms with Crippen LogP contribution in [0.1, 0.15) is 40.5 Å². The Morgan fingerprint density at radius 2 is 1.79 bits per heavy atom. The fourth-order valence-electron chi connectivity index (χ4n) is 5.46. The van der Waals surface area contributed by atoms with Crippen molar-refractivity contribution in [1.29, 1.82) is 5.26 Å². The van der Waals surface area contributed by atoms with Crippen molar-refractivity contribution in [2.45, 2.75) is 60.2 Å². The molecule has 3 aliphatic carbocycles. The highest BCUT2D eigenvalue weighted by Gasteiger charge is 2.59. The highest BCUT2D eigenvalue weighted by atomic mass is 28.3. The molecule has 4 heteroatoms. The van der Waals surface area contributed by atoms with Gasteiger partial charge in [-0.2, -0.15) is 5.26 Å². The Balaban J connectivity index is 2.29. The molecule has 0 aliphatic heterocycles. The minimum absolute atomic E-state index is 0.106. The SMILES string of the molecule is CC1=C[C@]2(C)C3=CC(=O)C(C#N)=C[C@]3(C#C[Si](C)(C)C)CC[C@H]2C(C)(C)C1=O.